The lowest BCUT2D eigenvalue weighted by atomic mass is 10.4. The van der Waals surface area contributed by atoms with Crippen LogP contribution in [-0.2, 0) is 18.0 Å². The van der Waals surface area contributed by atoms with Gasteiger partial charge in [-0.05, 0) is 39.8 Å². The van der Waals surface area contributed by atoms with Gasteiger partial charge in [0.2, 0.25) is 0 Å². The van der Waals surface area contributed by atoms with Crippen LogP contribution < -0.4 is 5.32 Å². The van der Waals surface area contributed by atoms with Crippen LogP contribution in [0.5, 0.6) is 0 Å². The molecule has 0 rings (SSSR count). The van der Waals surface area contributed by atoms with Crippen LogP contribution in [0.15, 0.2) is 0 Å². The van der Waals surface area contributed by atoms with Crippen molar-refractivity contribution < 1.29 is 18.0 Å². The summed E-state index contributed by atoms with van der Waals surface area (Å²) in [6.07, 6.45) is 2.36. The van der Waals surface area contributed by atoms with E-state index in [1.807, 2.05) is 0 Å². The molecule has 0 aliphatic heterocycles. The standard InChI is InChI=1S/C12H29NO4Si/c1-12(2)17-10-6-8-13-9-7-11-18(14-3,15-4)16-5/h12-13H,6-11H2,1-5H3. The van der Waals surface area contributed by atoms with Crippen LogP contribution >= 0.6 is 0 Å². The Balaban J connectivity index is 3.44. The first-order valence-corrected chi connectivity index (χ1v) is 8.51. The molecule has 1 N–H and O–H groups in total. The molecule has 0 bridgehead atoms. The largest absolute Gasteiger partial charge is 0.500 e. The van der Waals surface area contributed by atoms with E-state index in [4.69, 9.17) is 18.0 Å². The van der Waals surface area contributed by atoms with Gasteiger partial charge in [-0.2, -0.15) is 0 Å². The summed E-state index contributed by atoms with van der Waals surface area (Å²) in [5.74, 6) is 0. The van der Waals surface area contributed by atoms with Gasteiger partial charge in [0, 0.05) is 34.0 Å². The molecule has 0 spiro atoms. The van der Waals surface area contributed by atoms with E-state index in [1.54, 1.807) is 21.3 Å². The van der Waals surface area contributed by atoms with Crippen molar-refractivity contribution in [3.05, 3.63) is 0 Å². The van der Waals surface area contributed by atoms with Gasteiger partial charge in [-0.3, -0.25) is 0 Å². The smallest absolute Gasteiger partial charge is 0.379 e. The predicted molar refractivity (Wildman–Crippen MR) is 74.8 cm³/mol. The van der Waals surface area contributed by atoms with E-state index in [-0.39, 0.29) is 0 Å². The van der Waals surface area contributed by atoms with Crippen LogP contribution in [0.2, 0.25) is 6.04 Å². The molecule has 0 aromatic rings. The Morgan fingerprint density at radius 3 is 2.00 bits per heavy atom. The van der Waals surface area contributed by atoms with Crippen molar-refractivity contribution >= 4 is 8.80 Å². The molecule has 0 unspecified atom stereocenters. The van der Waals surface area contributed by atoms with Crippen molar-refractivity contribution in [3.63, 3.8) is 0 Å². The first kappa shape index (κ1) is 18.0. The third kappa shape index (κ3) is 8.18. The van der Waals surface area contributed by atoms with Gasteiger partial charge in [0.05, 0.1) is 6.10 Å². The van der Waals surface area contributed by atoms with Gasteiger partial charge in [-0.25, -0.2) is 0 Å². The summed E-state index contributed by atoms with van der Waals surface area (Å²) in [5, 5.41) is 3.38. The predicted octanol–water partition coefficient (Wildman–Crippen LogP) is 1.66. The summed E-state index contributed by atoms with van der Waals surface area (Å²) in [5.41, 5.74) is 0. The molecule has 0 aromatic carbocycles. The fraction of sp³-hybridized carbons (Fsp3) is 1.00. The Kier molecular flexibility index (Phi) is 10.9. The number of rotatable bonds is 12. The van der Waals surface area contributed by atoms with E-state index >= 15 is 0 Å². The average Bonchev–Trinajstić information content (AvgIpc) is 2.38. The molecule has 0 aliphatic rings. The maximum atomic E-state index is 5.46. The first-order valence-electron chi connectivity index (χ1n) is 6.58. The lowest BCUT2D eigenvalue weighted by Gasteiger charge is -2.24. The number of ether oxygens (including phenoxy) is 1. The van der Waals surface area contributed by atoms with Crippen molar-refractivity contribution in [2.24, 2.45) is 0 Å². The summed E-state index contributed by atoms with van der Waals surface area (Å²) in [6.45, 7) is 6.86. The molecule has 18 heavy (non-hydrogen) atoms. The summed E-state index contributed by atoms with van der Waals surface area (Å²) in [7, 11) is 2.57. The van der Waals surface area contributed by atoms with E-state index in [0.717, 1.165) is 38.6 Å². The Morgan fingerprint density at radius 1 is 0.944 bits per heavy atom. The quantitative estimate of drug-likeness (QED) is 0.435. The molecule has 6 heteroatoms. The summed E-state index contributed by atoms with van der Waals surface area (Å²) in [4.78, 5) is 0. The normalized spacial score (nSPS) is 12.3. The first-order chi connectivity index (χ1) is 8.60. The van der Waals surface area contributed by atoms with Gasteiger partial charge >= 0.3 is 8.80 Å². The highest BCUT2D eigenvalue weighted by Gasteiger charge is 2.36. The second-order valence-corrected chi connectivity index (χ2v) is 7.51. The van der Waals surface area contributed by atoms with Gasteiger partial charge in [-0.15, -0.1) is 0 Å². The van der Waals surface area contributed by atoms with E-state index in [0.29, 0.717) is 6.10 Å². The highest BCUT2D eigenvalue weighted by Crippen LogP contribution is 2.14. The van der Waals surface area contributed by atoms with E-state index in [2.05, 4.69) is 19.2 Å². The Bertz CT molecular complexity index is 181. The number of hydrogen-bond donors (Lipinski definition) is 1. The molecular formula is C12H29NO4Si. The Hall–Kier alpha value is 0.0169. The third-order valence-electron chi connectivity index (χ3n) is 2.72. The summed E-state index contributed by atoms with van der Waals surface area (Å²) < 4.78 is 21.5. The van der Waals surface area contributed by atoms with Crippen LogP contribution in [0.3, 0.4) is 0 Å². The second-order valence-electron chi connectivity index (χ2n) is 4.42. The lowest BCUT2D eigenvalue weighted by Crippen LogP contribution is -2.43. The molecule has 5 nitrogen and oxygen atoms in total. The molecule has 0 radical (unpaired) electrons. The fourth-order valence-electron chi connectivity index (χ4n) is 1.63. The molecule has 0 aromatic heterocycles. The monoisotopic (exact) mass is 279 g/mol. The Labute approximate surface area is 113 Å². The molecule has 0 saturated carbocycles. The number of hydrogen-bond acceptors (Lipinski definition) is 5. The zero-order valence-electron chi connectivity index (χ0n) is 12.5. The lowest BCUT2D eigenvalue weighted by molar-refractivity contribution is 0.0770. The van der Waals surface area contributed by atoms with E-state index in [9.17, 15) is 0 Å². The molecule has 110 valence electrons. The van der Waals surface area contributed by atoms with Gasteiger partial charge in [0.15, 0.2) is 0 Å². The SMILES string of the molecule is CO[Si](CCCNCCCOC(C)C)(OC)OC. The van der Waals surface area contributed by atoms with Crippen LogP contribution in [-0.4, -0.2) is 55.9 Å². The molecule has 0 heterocycles. The fourth-order valence-corrected chi connectivity index (χ4v) is 3.35. The maximum Gasteiger partial charge on any atom is 0.500 e. The van der Waals surface area contributed by atoms with Crippen LogP contribution in [0.4, 0.5) is 0 Å². The molecular weight excluding hydrogens is 250 g/mol. The van der Waals surface area contributed by atoms with Gasteiger partial charge in [0.1, 0.15) is 0 Å². The zero-order valence-corrected chi connectivity index (χ0v) is 13.5. The number of nitrogens with one attached hydrogen (secondary N) is 1. The van der Waals surface area contributed by atoms with Crippen LogP contribution in [0.25, 0.3) is 0 Å². The minimum atomic E-state index is -2.37. The van der Waals surface area contributed by atoms with Crippen molar-refractivity contribution in [2.45, 2.75) is 38.8 Å². The summed E-state index contributed by atoms with van der Waals surface area (Å²) in [6, 6.07) is 0.839. The molecule has 0 amide bonds. The topological polar surface area (TPSA) is 49.0 Å². The Morgan fingerprint density at radius 2 is 1.50 bits per heavy atom. The minimum Gasteiger partial charge on any atom is -0.379 e. The summed E-state index contributed by atoms with van der Waals surface area (Å²) >= 11 is 0. The van der Waals surface area contributed by atoms with Crippen molar-refractivity contribution in [2.75, 3.05) is 41.0 Å². The van der Waals surface area contributed by atoms with Gasteiger partial charge in [0.25, 0.3) is 0 Å². The molecule has 0 aliphatic carbocycles. The zero-order chi connectivity index (χ0) is 13.9. The van der Waals surface area contributed by atoms with E-state index in [1.165, 1.54) is 0 Å². The average molecular weight is 279 g/mol. The van der Waals surface area contributed by atoms with Crippen molar-refractivity contribution in [1.82, 2.24) is 5.32 Å². The molecule has 0 saturated heterocycles. The van der Waals surface area contributed by atoms with Gasteiger partial charge < -0.3 is 23.3 Å². The van der Waals surface area contributed by atoms with Crippen molar-refractivity contribution in [3.8, 4) is 0 Å². The van der Waals surface area contributed by atoms with E-state index < -0.39 is 8.80 Å². The van der Waals surface area contributed by atoms with Crippen LogP contribution in [0.1, 0.15) is 26.7 Å². The third-order valence-corrected chi connectivity index (χ3v) is 5.55. The molecule has 0 atom stereocenters. The second kappa shape index (κ2) is 10.9. The maximum absolute atomic E-state index is 5.46. The van der Waals surface area contributed by atoms with Gasteiger partial charge in [-0.1, -0.05) is 0 Å². The highest BCUT2D eigenvalue weighted by molar-refractivity contribution is 6.60. The minimum absolute atomic E-state index is 0.321. The highest BCUT2D eigenvalue weighted by atomic mass is 28.4. The molecule has 0 fully saturated rings. The van der Waals surface area contributed by atoms with Crippen LogP contribution in [0, 0.1) is 0 Å². The van der Waals surface area contributed by atoms with Crippen molar-refractivity contribution in [1.29, 1.82) is 0 Å².